The van der Waals surface area contributed by atoms with Crippen LogP contribution in [0.1, 0.15) is 18.4 Å². The molecule has 0 radical (unpaired) electrons. The van der Waals surface area contributed by atoms with Crippen molar-refractivity contribution in [2.75, 3.05) is 19.3 Å². The third-order valence-corrected chi connectivity index (χ3v) is 4.53. The molecule has 1 N–H and O–H groups in total. The molecule has 0 saturated heterocycles. The summed E-state index contributed by atoms with van der Waals surface area (Å²) in [4.78, 5) is 25.9. The summed E-state index contributed by atoms with van der Waals surface area (Å²) in [5.41, 5.74) is 1.06. The predicted molar refractivity (Wildman–Crippen MR) is 74.3 cm³/mol. The first-order chi connectivity index (χ1) is 9.00. The molecule has 4 nitrogen and oxygen atoms in total. The Kier molecular flexibility index (Phi) is 4.14. The van der Waals surface area contributed by atoms with Gasteiger partial charge in [-0.2, -0.15) is 0 Å². The zero-order chi connectivity index (χ0) is 14.0. The van der Waals surface area contributed by atoms with Gasteiger partial charge in [0, 0.05) is 24.2 Å². The molecule has 1 aliphatic rings. The van der Waals surface area contributed by atoms with Crippen LogP contribution >= 0.6 is 11.8 Å². The van der Waals surface area contributed by atoms with Crippen molar-refractivity contribution >= 4 is 23.6 Å². The van der Waals surface area contributed by atoms with Gasteiger partial charge in [-0.15, -0.1) is 11.8 Å². The van der Waals surface area contributed by atoms with Crippen molar-refractivity contribution in [3.05, 3.63) is 29.8 Å². The highest BCUT2D eigenvalue weighted by molar-refractivity contribution is 7.99. The molecule has 1 amide bonds. The van der Waals surface area contributed by atoms with E-state index in [1.54, 1.807) is 25.7 Å². The van der Waals surface area contributed by atoms with Crippen molar-refractivity contribution in [1.29, 1.82) is 0 Å². The Morgan fingerprint density at radius 3 is 2.84 bits per heavy atom. The third-order valence-electron chi connectivity index (χ3n) is 3.34. The van der Waals surface area contributed by atoms with Crippen LogP contribution in [0.4, 0.5) is 0 Å². The molecule has 0 spiro atoms. The normalized spacial score (nSPS) is 18.7. The smallest absolute Gasteiger partial charge is 0.308 e. The minimum Gasteiger partial charge on any atom is -0.481 e. The molecule has 1 aliphatic heterocycles. The number of likely N-dealkylation sites (N-methyl/N-ethyl adjacent to an activating group) is 1. The fourth-order valence-corrected chi connectivity index (χ4v) is 3.43. The fraction of sp³-hybridized carbons (Fsp3) is 0.429. The number of thioether (sulfide) groups is 1. The second-order valence-electron chi connectivity index (χ2n) is 4.86. The zero-order valence-electron chi connectivity index (χ0n) is 11.0. The first-order valence-corrected chi connectivity index (χ1v) is 7.18. The number of nitrogens with zero attached hydrogens (tertiary/aromatic N) is 1. The molecule has 0 fully saturated rings. The van der Waals surface area contributed by atoms with E-state index < -0.39 is 11.9 Å². The maximum atomic E-state index is 12.4. The van der Waals surface area contributed by atoms with Crippen LogP contribution in [0.25, 0.3) is 0 Å². The van der Waals surface area contributed by atoms with Crippen molar-refractivity contribution < 1.29 is 14.7 Å². The average Bonchev–Trinajstić information content (AvgIpc) is 2.81. The fourth-order valence-electron chi connectivity index (χ4n) is 2.21. The van der Waals surface area contributed by atoms with Gasteiger partial charge in [0.1, 0.15) is 0 Å². The number of carboxylic acid groups (broad SMARTS) is 1. The molecule has 0 aromatic heterocycles. The highest BCUT2D eigenvalue weighted by atomic mass is 32.2. The average molecular weight is 279 g/mol. The van der Waals surface area contributed by atoms with E-state index in [-0.39, 0.29) is 18.4 Å². The summed E-state index contributed by atoms with van der Waals surface area (Å²) in [5, 5.41) is 8.89. The van der Waals surface area contributed by atoms with Gasteiger partial charge in [-0.1, -0.05) is 25.1 Å². The number of carbonyl (C=O) groups excluding carboxylic acids is 1. The Morgan fingerprint density at radius 2 is 2.16 bits per heavy atom. The molecule has 1 heterocycles. The summed E-state index contributed by atoms with van der Waals surface area (Å²) in [7, 11) is 1.67. The minimum absolute atomic E-state index is 0.00514. The summed E-state index contributed by atoms with van der Waals surface area (Å²) in [6.45, 7) is 1.86. The number of fused-ring (bicyclic) bond motifs is 1. The van der Waals surface area contributed by atoms with E-state index in [0.29, 0.717) is 0 Å². The summed E-state index contributed by atoms with van der Waals surface area (Å²) in [6, 6.07) is 7.90. The molecular weight excluding hydrogens is 262 g/mol. The number of hydrogen-bond donors (Lipinski definition) is 1. The number of benzene rings is 1. The van der Waals surface area contributed by atoms with Crippen LogP contribution in [-0.4, -0.2) is 41.2 Å². The van der Waals surface area contributed by atoms with Crippen LogP contribution in [0, 0.1) is 5.92 Å². The van der Waals surface area contributed by atoms with Crippen LogP contribution in [0.5, 0.6) is 0 Å². The van der Waals surface area contributed by atoms with Gasteiger partial charge in [0.2, 0.25) is 5.91 Å². The van der Waals surface area contributed by atoms with E-state index in [1.807, 2.05) is 24.3 Å². The first-order valence-electron chi connectivity index (χ1n) is 6.20. The van der Waals surface area contributed by atoms with Crippen molar-refractivity contribution in [3.63, 3.8) is 0 Å². The van der Waals surface area contributed by atoms with Gasteiger partial charge < -0.3 is 10.0 Å². The van der Waals surface area contributed by atoms with Gasteiger partial charge in [0.05, 0.1) is 11.8 Å². The van der Waals surface area contributed by atoms with E-state index >= 15 is 0 Å². The number of amides is 1. The van der Waals surface area contributed by atoms with Crippen LogP contribution < -0.4 is 0 Å². The number of hydrogen-bond acceptors (Lipinski definition) is 3. The highest BCUT2D eigenvalue weighted by Crippen LogP contribution is 2.40. The monoisotopic (exact) mass is 279 g/mol. The maximum absolute atomic E-state index is 12.4. The van der Waals surface area contributed by atoms with Crippen LogP contribution in [0.2, 0.25) is 0 Å². The zero-order valence-corrected chi connectivity index (χ0v) is 11.8. The summed E-state index contributed by atoms with van der Waals surface area (Å²) >= 11 is 1.68. The molecule has 2 rings (SSSR count). The van der Waals surface area contributed by atoms with Crippen molar-refractivity contribution in [2.45, 2.75) is 17.7 Å². The van der Waals surface area contributed by atoms with E-state index in [2.05, 4.69) is 0 Å². The molecule has 5 heteroatoms. The second kappa shape index (κ2) is 5.65. The molecule has 1 aromatic carbocycles. The van der Waals surface area contributed by atoms with E-state index in [1.165, 1.54) is 4.90 Å². The molecule has 1 aromatic rings. The first kappa shape index (κ1) is 13.9. The van der Waals surface area contributed by atoms with Gasteiger partial charge in [0.15, 0.2) is 0 Å². The lowest BCUT2D eigenvalue weighted by Crippen LogP contribution is -2.37. The van der Waals surface area contributed by atoms with E-state index in [9.17, 15) is 9.59 Å². The van der Waals surface area contributed by atoms with Crippen molar-refractivity contribution in [1.82, 2.24) is 4.90 Å². The quantitative estimate of drug-likeness (QED) is 0.916. The molecule has 2 atom stereocenters. The standard InChI is InChI=1S/C14H17NO3S/c1-9(14(17)18)7-15(2)13(16)11-8-19-12-6-4-3-5-10(11)12/h3-6,9,11H,7-8H2,1-2H3,(H,17,18)/t9-,11+/m0/s1. The molecule has 0 saturated carbocycles. The number of aliphatic carboxylic acids is 1. The number of carboxylic acids is 1. The summed E-state index contributed by atoms with van der Waals surface area (Å²) in [6.07, 6.45) is 0. The Hall–Kier alpha value is -1.49. The largest absolute Gasteiger partial charge is 0.481 e. The third kappa shape index (κ3) is 2.92. The van der Waals surface area contributed by atoms with Crippen LogP contribution in [0.3, 0.4) is 0 Å². The van der Waals surface area contributed by atoms with Gasteiger partial charge >= 0.3 is 5.97 Å². The Labute approximate surface area is 116 Å². The van der Waals surface area contributed by atoms with E-state index in [4.69, 9.17) is 5.11 Å². The molecule has 0 bridgehead atoms. The highest BCUT2D eigenvalue weighted by Gasteiger charge is 2.31. The van der Waals surface area contributed by atoms with E-state index in [0.717, 1.165) is 16.2 Å². The Balaban J connectivity index is 2.07. The van der Waals surface area contributed by atoms with Crippen LogP contribution in [0.15, 0.2) is 29.2 Å². The molecular formula is C14H17NO3S. The lowest BCUT2D eigenvalue weighted by molar-refractivity contribution is -0.142. The molecule has 19 heavy (non-hydrogen) atoms. The molecule has 0 aliphatic carbocycles. The number of carbonyl (C=O) groups is 2. The Morgan fingerprint density at radius 1 is 1.47 bits per heavy atom. The molecule has 102 valence electrons. The summed E-state index contributed by atoms with van der Waals surface area (Å²) in [5.74, 6) is -0.818. The van der Waals surface area contributed by atoms with Gasteiger partial charge in [-0.05, 0) is 11.6 Å². The van der Waals surface area contributed by atoms with Gasteiger partial charge in [0.25, 0.3) is 0 Å². The van der Waals surface area contributed by atoms with Crippen molar-refractivity contribution in [2.24, 2.45) is 5.92 Å². The second-order valence-corrected chi connectivity index (χ2v) is 5.92. The van der Waals surface area contributed by atoms with Gasteiger partial charge in [-0.3, -0.25) is 9.59 Å². The summed E-state index contributed by atoms with van der Waals surface area (Å²) < 4.78 is 0. The number of rotatable bonds is 4. The van der Waals surface area contributed by atoms with Crippen LogP contribution in [-0.2, 0) is 9.59 Å². The van der Waals surface area contributed by atoms with Crippen molar-refractivity contribution in [3.8, 4) is 0 Å². The Bertz CT molecular complexity index is 503. The maximum Gasteiger partial charge on any atom is 0.308 e. The lowest BCUT2D eigenvalue weighted by Gasteiger charge is -2.23. The topological polar surface area (TPSA) is 57.6 Å². The van der Waals surface area contributed by atoms with Gasteiger partial charge in [-0.25, -0.2) is 0 Å². The minimum atomic E-state index is -0.874. The lowest BCUT2D eigenvalue weighted by atomic mass is 9.99. The predicted octanol–water partition coefficient (Wildman–Crippen LogP) is 2.05. The SMILES string of the molecule is C[C@@H](CN(C)C(=O)[C@@H]1CSc2ccccc21)C(=O)O. The molecule has 0 unspecified atom stereocenters.